The maximum atomic E-state index is 15.3. The summed E-state index contributed by atoms with van der Waals surface area (Å²) in [6.07, 6.45) is 4.61. The lowest BCUT2D eigenvalue weighted by Crippen LogP contribution is -2.41. The minimum absolute atomic E-state index is 0.000531. The summed E-state index contributed by atoms with van der Waals surface area (Å²) in [6.45, 7) is 2.49. The Morgan fingerprint density at radius 1 is 0.920 bits per heavy atom. The Morgan fingerprint density at radius 3 is 2.42 bits per heavy atom. The first-order valence-corrected chi connectivity index (χ1v) is 15.9. The van der Waals surface area contributed by atoms with Crippen LogP contribution >= 0.6 is 0 Å². The molecule has 0 bridgehead atoms. The average Bonchev–Trinajstić information content (AvgIpc) is 3.12. The van der Waals surface area contributed by atoms with E-state index in [0.717, 1.165) is 36.7 Å². The topological polar surface area (TPSA) is 137 Å². The predicted octanol–water partition coefficient (Wildman–Crippen LogP) is 4.95. The van der Waals surface area contributed by atoms with Crippen molar-refractivity contribution in [1.82, 2.24) is 25.0 Å². The number of carbonyl (C=O) groups excluding carboxylic acids is 2. The molecule has 50 heavy (non-hydrogen) atoms. The number of hydrogen-bond acceptors (Lipinski definition) is 9. The quantitative estimate of drug-likeness (QED) is 0.198. The molecule has 0 aliphatic carbocycles. The predicted molar refractivity (Wildman–Crippen MR) is 181 cm³/mol. The van der Waals surface area contributed by atoms with E-state index in [2.05, 4.69) is 25.6 Å². The van der Waals surface area contributed by atoms with E-state index in [4.69, 9.17) is 14.2 Å². The first-order chi connectivity index (χ1) is 24.2. The fourth-order valence-electron chi connectivity index (χ4n) is 5.62. The number of likely N-dealkylation sites (tertiary alicyclic amines) is 1. The molecule has 12 nitrogen and oxygen atoms in total. The lowest BCUT2D eigenvalue weighted by molar-refractivity contribution is -0.122. The Bertz CT molecular complexity index is 2080. The van der Waals surface area contributed by atoms with Crippen LogP contribution < -0.4 is 30.4 Å². The van der Waals surface area contributed by atoms with Crippen molar-refractivity contribution in [3.63, 3.8) is 0 Å². The number of halogens is 2. The molecule has 2 N–H and O–H groups in total. The minimum Gasteiger partial charge on any atom is -0.493 e. The Balaban J connectivity index is 1.13. The van der Waals surface area contributed by atoms with Crippen molar-refractivity contribution < 1.29 is 32.6 Å². The van der Waals surface area contributed by atoms with Crippen LogP contribution in [-0.4, -0.2) is 71.9 Å². The van der Waals surface area contributed by atoms with Crippen LogP contribution in [0.4, 0.5) is 14.5 Å². The summed E-state index contributed by atoms with van der Waals surface area (Å²) < 4.78 is 47.4. The zero-order valence-electron chi connectivity index (χ0n) is 27.3. The highest BCUT2D eigenvalue weighted by molar-refractivity contribution is 6.04. The number of fused-ring (bicyclic) bond motifs is 1. The molecule has 14 heteroatoms. The molecule has 1 aliphatic heterocycles. The number of anilines is 1. The van der Waals surface area contributed by atoms with Crippen LogP contribution in [-0.2, 0) is 4.79 Å². The smallest absolute Gasteiger partial charge is 0.284 e. The lowest BCUT2D eigenvalue weighted by atomic mass is 9.98. The van der Waals surface area contributed by atoms with E-state index in [-0.39, 0.29) is 28.6 Å². The number of benzene rings is 3. The molecule has 0 saturated carbocycles. The third kappa shape index (κ3) is 7.70. The highest BCUT2D eigenvalue weighted by Gasteiger charge is 2.22. The number of pyridine rings is 1. The zero-order valence-corrected chi connectivity index (χ0v) is 27.3. The number of rotatable bonds is 11. The molecule has 3 aromatic carbocycles. The molecule has 2 aromatic heterocycles. The van der Waals surface area contributed by atoms with E-state index in [1.807, 2.05) is 0 Å². The molecule has 1 aliphatic rings. The van der Waals surface area contributed by atoms with Crippen molar-refractivity contribution in [2.24, 2.45) is 5.92 Å². The Kier molecular flexibility index (Phi) is 10.3. The third-order valence-corrected chi connectivity index (χ3v) is 8.39. The molecular formula is C36H34F2N6O6. The van der Waals surface area contributed by atoms with Crippen molar-refractivity contribution in [1.29, 1.82) is 0 Å². The van der Waals surface area contributed by atoms with Gasteiger partial charge in [0, 0.05) is 42.6 Å². The number of methoxy groups -OCH3 is 1. The molecule has 2 amide bonds. The molecule has 0 unspecified atom stereocenters. The highest BCUT2D eigenvalue weighted by atomic mass is 19.1. The monoisotopic (exact) mass is 684 g/mol. The van der Waals surface area contributed by atoms with Gasteiger partial charge >= 0.3 is 0 Å². The SMILES string of the molecule is CNC(=O)CN1CCC(COc2cc3nccc(Oc4ccc(NC(=O)c5ccnn(-c6ccc(F)cc6)c5=O)cc4F)c3cc2OC)CC1. The number of aromatic nitrogens is 3. The van der Waals surface area contributed by atoms with E-state index in [9.17, 15) is 18.8 Å². The zero-order chi connectivity index (χ0) is 35.2. The highest BCUT2D eigenvalue weighted by Crippen LogP contribution is 2.38. The molecule has 0 spiro atoms. The molecule has 1 saturated heterocycles. The van der Waals surface area contributed by atoms with Crippen LogP contribution in [0.1, 0.15) is 23.2 Å². The molecule has 0 atom stereocenters. The van der Waals surface area contributed by atoms with Gasteiger partial charge in [-0.15, -0.1) is 0 Å². The number of nitrogens with zero attached hydrogens (tertiary/aromatic N) is 4. The van der Waals surface area contributed by atoms with E-state index in [1.54, 1.807) is 25.2 Å². The summed E-state index contributed by atoms with van der Waals surface area (Å²) in [5.74, 6) is -0.529. The maximum Gasteiger partial charge on any atom is 0.284 e. The van der Waals surface area contributed by atoms with Gasteiger partial charge in [0.15, 0.2) is 23.1 Å². The van der Waals surface area contributed by atoms with Gasteiger partial charge in [-0.05, 0) is 86.4 Å². The Hall–Kier alpha value is -5.89. The van der Waals surface area contributed by atoms with Crippen LogP contribution in [0.15, 0.2) is 83.9 Å². The van der Waals surface area contributed by atoms with Gasteiger partial charge in [0.05, 0.1) is 31.5 Å². The fourth-order valence-corrected chi connectivity index (χ4v) is 5.62. The molecule has 6 rings (SSSR count). The Labute approximate surface area is 285 Å². The summed E-state index contributed by atoms with van der Waals surface area (Å²) in [6, 6.07) is 15.2. The van der Waals surface area contributed by atoms with Crippen LogP contribution in [0.25, 0.3) is 16.6 Å². The van der Waals surface area contributed by atoms with Crippen LogP contribution in [0.3, 0.4) is 0 Å². The van der Waals surface area contributed by atoms with Gasteiger partial charge in [-0.1, -0.05) is 0 Å². The first kappa shape index (κ1) is 34.0. The van der Waals surface area contributed by atoms with Gasteiger partial charge in [-0.25, -0.2) is 8.78 Å². The number of piperidine rings is 1. The van der Waals surface area contributed by atoms with E-state index in [0.29, 0.717) is 47.2 Å². The molecule has 3 heterocycles. The van der Waals surface area contributed by atoms with Gasteiger partial charge < -0.3 is 24.8 Å². The summed E-state index contributed by atoms with van der Waals surface area (Å²) >= 11 is 0. The minimum atomic E-state index is -0.780. The largest absolute Gasteiger partial charge is 0.493 e. The standard InChI is InChI=1S/C36H34F2N6O6/c1-39-34(45)20-43-15-11-22(12-16-43)21-49-33-19-29-27(18-32(33)48-2)30(10-13-40-29)50-31-8-5-24(17-28(31)38)42-35(46)26-9-14-41-44(36(26)47)25-6-3-23(37)4-7-25/h3-10,13-14,17-19,22H,11-12,15-16,20-21H2,1-2H3,(H,39,45)(H,42,46). The molecule has 0 radical (unpaired) electrons. The summed E-state index contributed by atoms with van der Waals surface area (Å²) in [5.41, 5.74) is -0.0634. The summed E-state index contributed by atoms with van der Waals surface area (Å²) in [7, 11) is 3.16. The third-order valence-electron chi connectivity index (χ3n) is 8.39. The number of nitrogens with one attached hydrogen (secondary N) is 2. The van der Waals surface area contributed by atoms with E-state index in [1.165, 1.54) is 62.0 Å². The normalized spacial score (nSPS) is 13.5. The second-order valence-electron chi connectivity index (χ2n) is 11.7. The van der Waals surface area contributed by atoms with Crippen LogP contribution in [0, 0.1) is 17.6 Å². The van der Waals surface area contributed by atoms with Gasteiger partial charge in [-0.2, -0.15) is 9.78 Å². The van der Waals surface area contributed by atoms with Crippen molar-refractivity contribution >= 4 is 28.4 Å². The van der Waals surface area contributed by atoms with Crippen molar-refractivity contribution in [2.45, 2.75) is 12.8 Å². The Morgan fingerprint density at radius 2 is 1.70 bits per heavy atom. The first-order valence-electron chi connectivity index (χ1n) is 15.9. The number of amides is 2. The van der Waals surface area contributed by atoms with Crippen molar-refractivity contribution in [3.8, 4) is 28.7 Å². The molecule has 258 valence electrons. The van der Waals surface area contributed by atoms with Crippen molar-refractivity contribution in [2.75, 3.05) is 45.7 Å². The number of hydrogen-bond donors (Lipinski definition) is 2. The lowest BCUT2D eigenvalue weighted by Gasteiger charge is -2.31. The van der Waals surface area contributed by atoms with E-state index < -0.39 is 23.1 Å². The second-order valence-corrected chi connectivity index (χ2v) is 11.7. The van der Waals surface area contributed by atoms with Crippen LogP contribution in [0.5, 0.6) is 23.0 Å². The molecular weight excluding hydrogens is 650 g/mol. The number of carbonyl (C=O) groups is 2. The van der Waals surface area contributed by atoms with Gasteiger partial charge in [-0.3, -0.25) is 24.3 Å². The maximum absolute atomic E-state index is 15.3. The number of ether oxygens (including phenoxy) is 3. The van der Waals surface area contributed by atoms with E-state index >= 15 is 4.39 Å². The summed E-state index contributed by atoms with van der Waals surface area (Å²) in [4.78, 5) is 44.2. The molecule has 1 fully saturated rings. The van der Waals surface area contributed by atoms with Gasteiger partial charge in [0.25, 0.3) is 11.5 Å². The van der Waals surface area contributed by atoms with Gasteiger partial charge in [0.1, 0.15) is 17.1 Å². The van der Waals surface area contributed by atoms with Crippen molar-refractivity contribution in [3.05, 3.63) is 107 Å². The second kappa shape index (κ2) is 15.1. The fraction of sp³-hybridized carbons (Fsp3) is 0.250. The number of likely N-dealkylation sites (N-methyl/N-ethyl adjacent to an activating group) is 1. The van der Waals surface area contributed by atoms with Gasteiger partial charge in [0.2, 0.25) is 5.91 Å². The average molecular weight is 685 g/mol. The summed E-state index contributed by atoms with van der Waals surface area (Å²) in [5, 5.41) is 9.70. The van der Waals surface area contributed by atoms with Crippen LogP contribution in [0.2, 0.25) is 0 Å². The molecule has 5 aromatic rings.